The van der Waals surface area contributed by atoms with E-state index in [2.05, 4.69) is 45.2 Å². The highest BCUT2D eigenvalue weighted by Crippen LogP contribution is 2.17. The number of nitrogens with zero attached hydrogens (tertiary/aromatic N) is 2. The van der Waals surface area contributed by atoms with E-state index in [-0.39, 0.29) is 29.9 Å². The van der Waals surface area contributed by atoms with Crippen LogP contribution in [0.1, 0.15) is 46.4 Å². The first-order valence-electron chi connectivity index (χ1n) is 8.23. The fourth-order valence-electron chi connectivity index (χ4n) is 2.16. The molecule has 0 aliphatic rings. The summed E-state index contributed by atoms with van der Waals surface area (Å²) in [5.74, 6) is 1.08. The van der Waals surface area contributed by atoms with Gasteiger partial charge in [0.15, 0.2) is 5.96 Å². The lowest BCUT2D eigenvalue weighted by molar-refractivity contribution is 0.0963. The van der Waals surface area contributed by atoms with Crippen LogP contribution in [-0.4, -0.2) is 30.9 Å². The van der Waals surface area contributed by atoms with Crippen molar-refractivity contribution in [3.63, 3.8) is 0 Å². The monoisotopic (exact) mass is 487 g/mol. The molecule has 3 N–H and O–H groups in total. The Kier molecular flexibility index (Phi) is 9.57. The molecule has 0 fully saturated rings. The number of benzene rings is 1. The summed E-state index contributed by atoms with van der Waals surface area (Å²) in [6.45, 7) is 5.56. The smallest absolute Gasteiger partial charge is 0.251 e. The minimum Gasteiger partial charge on any atom is -0.355 e. The number of hydrogen-bond acceptors (Lipinski definition) is 4. The Bertz CT molecular complexity index is 727. The molecule has 0 bridgehead atoms. The van der Waals surface area contributed by atoms with Crippen LogP contribution in [-0.2, 0) is 13.1 Å². The number of carbonyl (C=O) groups excluding carboxylic acids is 1. The van der Waals surface area contributed by atoms with Gasteiger partial charge in [0.25, 0.3) is 5.91 Å². The first-order valence-corrected chi connectivity index (χ1v) is 9.11. The molecule has 0 radical (unpaired) electrons. The van der Waals surface area contributed by atoms with Gasteiger partial charge in [0.1, 0.15) is 5.01 Å². The van der Waals surface area contributed by atoms with Crippen LogP contribution >= 0.6 is 35.3 Å². The van der Waals surface area contributed by atoms with Gasteiger partial charge in [-0.05, 0) is 23.6 Å². The fourth-order valence-corrected chi connectivity index (χ4v) is 3.05. The van der Waals surface area contributed by atoms with E-state index in [9.17, 15) is 4.79 Å². The second-order valence-corrected chi connectivity index (χ2v) is 6.82. The molecule has 0 saturated carbocycles. The molecule has 1 amide bonds. The number of hydrogen-bond donors (Lipinski definition) is 3. The van der Waals surface area contributed by atoms with Gasteiger partial charge in [-0.15, -0.1) is 35.3 Å². The molecule has 0 saturated heterocycles. The normalized spacial score (nSPS) is 11.0. The molecule has 1 heterocycles. The molecule has 2 aromatic rings. The number of guanidine groups is 1. The maximum Gasteiger partial charge on any atom is 0.251 e. The zero-order chi connectivity index (χ0) is 18.2. The predicted octanol–water partition coefficient (Wildman–Crippen LogP) is 3.11. The average molecular weight is 487 g/mol. The highest BCUT2D eigenvalue weighted by Gasteiger charge is 2.07. The van der Waals surface area contributed by atoms with Gasteiger partial charge in [-0.3, -0.25) is 9.79 Å². The minimum atomic E-state index is -0.0822. The van der Waals surface area contributed by atoms with Crippen molar-refractivity contribution in [3.8, 4) is 0 Å². The van der Waals surface area contributed by atoms with Gasteiger partial charge >= 0.3 is 0 Å². The Balaban J connectivity index is 0.00000338. The van der Waals surface area contributed by atoms with Gasteiger partial charge in [-0.25, -0.2) is 4.98 Å². The average Bonchev–Trinajstić information content (AvgIpc) is 3.11. The molecule has 0 unspecified atom stereocenters. The molecular formula is C18H26IN5OS. The summed E-state index contributed by atoms with van der Waals surface area (Å²) in [4.78, 5) is 20.4. The van der Waals surface area contributed by atoms with Gasteiger partial charge in [-0.2, -0.15) is 0 Å². The molecule has 0 atom stereocenters. The van der Waals surface area contributed by atoms with Crippen molar-refractivity contribution in [3.05, 3.63) is 51.5 Å². The number of halogens is 1. The number of rotatable bonds is 6. The first-order chi connectivity index (χ1) is 12.0. The standard InChI is InChI=1S/C18H25N5OS.HI/c1-12(2)15-11-25-16(23-15)10-22-18(20-4)21-9-13-5-7-14(8-6-13)17(24)19-3;/h5-8,11-12H,9-10H2,1-4H3,(H,19,24)(H2,20,21,22);1H. The van der Waals surface area contributed by atoms with Crippen molar-refractivity contribution in [2.24, 2.45) is 4.99 Å². The summed E-state index contributed by atoms with van der Waals surface area (Å²) in [5, 5.41) is 12.3. The SMILES string of the molecule is CN=C(NCc1ccc(C(=O)NC)cc1)NCc1nc(C(C)C)cs1.I. The Morgan fingerprint density at radius 1 is 1.19 bits per heavy atom. The molecule has 8 heteroatoms. The van der Waals surface area contributed by atoms with E-state index in [4.69, 9.17) is 0 Å². The number of aliphatic imine (C=N–C) groups is 1. The van der Waals surface area contributed by atoms with E-state index in [1.54, 1.807) is 25.4 Å². The molecule has 6 nitrogen and oxygen atoms in total. The molecule has 0 spiro atoms. The number of thiazole rings is 1. The van der Waals surface area contributed by atoms with Crippen LogP contribution in [0.15, 0.2) is 34.6 Å². The number of aromatic nitrogens is 1. The summed E-state index contributed by atoms with van der Waals surface area (Å²) in [5.41, 5.74) is 2.85. The Morgan fingerprint density at radius 3 is 2.38 bits per heavy atom. The second-order valence-electron chi connectivity index (χ2n) is 5.88. The van der Waals surface area contributed by atoms with Crippen LogP contribution < -0.4 is 16.0 Å². The van der Waals surface area contributed by atoms with Crippen LogP contribution in [0.5, 0.6) is 0 Å². The third-order valence-electron chi connectivity index (χ3n) is 3.69. The lowest BCUT2D eigenvalue weighted by Crippen LogP contribution is -2.36. The van der Waals surface area contributed by atoms with E-state index in [1.807, 2.05) is 24.3 Å². The van der Waals surface area contributed by atoms with Gasteiger partial charge in [-0.1, -0.05) is 26.0 Å². The van der Waals surface area contributed by atoms with Gasteiger partial charge in [0.05, 0.1) is 12.2 Å². The third kappa shape index (κ3) is 6.56. The largest absolute Gasteiger partial charge is 0.355 e. The minimum absolute atomic E-state index is 0. The van der Waals surface area contributed by atoms with Crippen LogP contribution in [0.4, 0.5) is 0 Å². The zero-order valence-corrected chi connectivity index (χ0v) is 18.6. The Hall–Kier alpha value is -1.68. The molecular weight excluding hydrogens is 461 g/mol. The first kappa shape index (κ1) is 22.4. The Labute approximate surface area is 175 Å². The van der Waals surface area contributed by atoms with Crippen molar-refractivity contribution in [2.45, 2.75) is 32.9 Å². The summed E-state index contributed by atoms with van der Waals surface area (Å²) in [6, 6.07) is 7.49. The molecule has 2 rings (SSSR count). The number of carbonyl (C=O) groups is 1. The molecule has 0 aliphatic heterocycles. The van der Waals surface area contributed by atoms with E-state index in [0.717, 1.165) is 22.2 Å². The predicted molar refractivity (Wildman–Crippen MR) is 118 cm³/mol. The van der Waals surface area contributed by atoms with Crippen LogP contribution in [0.25, 0.3) is 0 Å². The lowest BCUT2D eigenvalue weighted by atomic mass is 10.1. The summed E-state index contributed by atoms with van der Waals surface area (Å²) in [7, 11) is 3.37. The lowest BCUT2D eigenvalue weighted by Gasteiger charge is -2.11. The topological polar surface area (TPSA) is 78.4 Å². The van der Waals surface area contributed by atoms with Crippen LogP contribution in [0.3, 0.4) is 0 Å². The Morgan fingerprint density at radius 2 is 1.85 bits per heavy atom. The second kappa shape index (κ2) is 11.1. The molecule has 0 aliphatic carbocycles. The molecule has 1 aromatic heterocycles. The van der Waals surface area contributed by atoms with E-state index >= 15 is 0 Å². The van der Waals surface area contributed by atoms with Crippen molar-refractivity contribution in [1.29, 1.82) is 0 Å². The molecule has 142 valence electrons. The third-order valence-corrected chi connectivity index (χ3v) is 4.56. The highest BCUT2D eigenvalue weighted by atomic mass is 127. The maximum absolute atomic E-state index is 11.5. The van der Waals surface area contributed by atoms with Crippen molar-refractivity contribution < 1.29 is 4.79 Å². The highest BCUT2D eigenvalue weighted by molar-refractivity contribution is 14.0. The summed E-state index contributed by atoms with van der Waals surface area (Å²) in [6.07, 6.45) is 0. The van der Waals surface area contributed by atoms with Crippen molar-refractivity contribution >= 4 is 47.2 Å². The van der Waals surface area contributed by atoms with Crippen LogP contribution in [0.2, 0.25) is 0 Å². The summed E-state index contributed by atoms with van der Waals surface area (Å²) < 4.78 is 0. The van der Waals surface area contributed by atoms with Crippen molar-refractivity contribution in [1.82, 2.24) is 20.9 Å². The van der Waals surface area contributed by atoms with Gasteiger partial charge < -0.3 is 16.0 Å². The van der Waals surface area contributed by atoms with Crippen LogP contribution in [0, 0.1) is 0 Å². The van der Waals surface area contributed by atoms with E-state index < -0.39 is 0 Å². The summed E-state index contributed by atoms with van der Waals surface area (Å²) >= 11 is 1.66. The van der Waals surface area contributed by atoms with Gasteiger partial charge in [0.2, 0.25) is 0 Å². The quantitative estimate of drug-likeness (QED) is 0.333. The van der Waals surface area contributed by atoms with Crippen molar-refractivity contribution in [2.75, 3.05) is 14.1 Å². The fraction of sp³-hybridized carbons (Fsp3) is 0.389. The number of amides is 1. The molecule has 1 aromatic carbocycles. The van der Waals surface area contributed by atoms with E-state index in [0.29, 0.717) is 24.6 Å². The van der Waals surface area contributed by atoms with E-state index in [1.165, 1.54) is 0 Å². The zero-order valence-electron chi connectivity index (χ0n) is 15.5. The maximum atomic E-state index is 11.5. The number of nitrogens with one attached hydrogen (secondary N) is 3. The molecule has 26 heavy (non-hydrogen) atoms. The van der Waals surface area contributed by atoms with Gasteiger partial charge in [0, 0.05) is 31.6 Å².